The Bertz CT molecular complexity index is 968. The second kappa shape index (κ2) is 7.92. The SMILES string of the molecule is Cn1cccc1[C@@H]1CCCN1CC(=O)N1CCC(c2nc3ccccc3s2)CC1. The summed E-state index contributed by atoms with van der Waals surface area (Å²) >= 11 is 1.81. The molecule has 1 amide bonds. The van der Waals surface area contributed by atoms with Crippen molar-refractivity contribution in [3.05, 3.63) is 53.3 Å². The van der Waals surface area contributed by atoms with Crippen molar-refractivity contribution in [1.82, 2.24) is 19.4 Å². The second-order valence-corrected chi connectivity index (χ2v) is 9.41. The molecule has 0 unspecified atom stereocenters. The van der Waals surface area contributed by atoms with Gasteiger partial charge in [0.2, 0.25) is 5.91 Å². The minimum Gasteiger partial charge on any atom is -0.353 e. The van der Waals surface area contributed by atoms with E-state index in [0.29, 0.717) is 18.5 Å². The summed E-state index contributed by atoms with van der Waals surface area (Å²) in [6.07, 6.45) is 6.45. The van der Waals surface area contributed by atoms with Gasteiger partial charge in [0.25, 0.3) is 0 Å². The number of hydrogen-bond donors (Lipinski definition) is 0. The first-order valence-corrected chi connectivity index (χ1v) is 11.5. The van der Waals surface area contributed by atoms with Crippen molar-refractivity contribution in [2.75, 3.05) is 26.2 Å². The van der Waals surface area contributed by atoms with Gasteiger partial charge in [-0.2, -0.15) is 0 Å². The van der Waals surface area contributed by atoms with Crippen LogP contribution in [0.2, 0.25) is 0 Å². The number of carbonyl (C=O) groups excluding carboxylic acids is 1. The lowest BCUT2D eigenvalue weighted by Crippen LogP contribution is -2.43. The van der Waals surface area contributed by atoms with Gasteiger partial charge in [0.05, 0.1) is 27.8 Å². The van der Waals surface area contributed by atoms with Crippen LogP contribution < -0.4 is 0 Å². The highest BCUT2D eigenvalue weighted by Gasteiger charge is 2.32. The van der Waals surface area contributed by atoms with Gasteiger partial charge in [-0.05, 0) is 56.5 Å². The Balaban J connectivity index is 1.19. The topological polar surface area (TPSA) is 41.4 Å². The third-order valence-corrected chi connectivity index (χ3v) is 7.73. The van der Waals surface area contributed by atoms with Crippen LogP contribution in [-0.4, -0.2) is 51.4 Å². The van der Waals surface area contributed by atoms with E-state index in [1.807, 2.05) is 17.4 Å². The quantitative estimate of drug-likeness (QED) is 0.650. The van der Waals surface area contributed by atoms with Crippen molar-refractivity contribution < 1.29 is 4.79 Å². The molecule has 5 nitrogen and oxygen atoms in total. The Morgan fingerprint density at radius 1 is 1.10 bits per heavy atom. The molecule has 5 rings (SSSR count). The molecule has 2 aromatic heterocycles. The first-order chi connectivity index (χ1) is 14.2. The van der Waals surface area contributed by atoms with E-state index in [1.165, 1.54) is 21.8 Å². The van der Waals surface area contributed by atoms with Gasteiger partial charge in [-0.25, -0.2) is 4.98 Å². The summed E-state index contributed by atoms with van der Waals surface area (Å²) < 4.78 is 3.46. The summed E-state index contributed by atoms with van der Waals surface area (Å²) in [7, 11) is 2.10. The van der Waals surface area contributed by atoms with Crippen LogP contribution in [0.25, 0.3) is 10.2 Å². The van der Waals surface area contributed by atoms with Gasteiger partial charge in [-0.15, -0.1) is 11.3 Å². The maximum atomic E-state index is 13.0. The third-order valence-electron chi connectivity index (χ3n) is 6.53. The van der Waals surface area contributed by atoms with Crippen molar-refractivity contribution in [3.8, 4) is 0 Å². The minimum absolute atomic E-state index is 0.286. The van der Waals surface area contributed by atoms with Crippen LogP contribution in [-0.2, 0) is 11.8 Å². The van der Waals surface area contributed by atoms with Gasteiger partial charge < -0.3 is 9.47 Å². The Morgan fingerprint density at radius 2 is 1.93 bits per heavy atom. The standard InChI is InChI=1S/C23H28N4OS/c1-25-12-4-7-19(25)20-8-5-13-27(20)16-22(28)26-14-10-17(11-15-26)23-24-18-6-2-3-9-21(18)29-23/h2-4,6-7,9,12,17,20H,5,8,10-11,13-16H2,1H3/t20-/m0/s1. The summed E-state index contributed by atoms with van der Waals surface area (Å²) in [5.41, 5.74) is 2.43. The number of nitrogens with zero attached hydrogens (tertiary/aromatic N) is 4. The lowest BCUT2D eigenvalue weighted by molar-refractivity contribution is -0.133. The number of likely N-dealkylation sites (tertiary alicyclic amines) is 2. The molecular weight excluding hydrogens is 380 g/mol. The lowest BCUT2D eigenvalue weighted by atomic mass is 9.97. The van der Waals surface area contributed by atoms with E-state index in [0.717, 1.165) is 44.4 Å². The average Bonchev–Trinajstić information content (AvgIpc) is 3.47. The highest BCUT2D eigenvalue weighted by Crippen LogP contribution is 2.35. The largest absolute Gasteiger partial charge is 0.353 e. The minimum atomic E-state index is 0.286. The first-order valence-electron chi connectivity index (χ1n) is 10.7. The van der Waals surface area contributed by atoms with Crippen molar-refractivity contribution in [1.29, 1.82) is 0 Å². The molecule has 29 heavy (non-hydrogen) atoms. The van der Waals surface area contributed by atoms with Crippen molar-refractivity contribution >= 4 is 27.5 Å². The van der Waals surface area contributed by atoms with Gasteiger partial charge in [-0.1, -0.05) is 12.1 Å². The Hall–Kier alpha value is -2.18. The number of carbonyl (C=O) groups is 1. The van der Waals surface area contributed by atoms with E-state index < -0.39 is 0 Å². The number of thiazole rings is 1. The number of para-hydroxylation sites is 1. The summed E-state index contributed by atoms with van der Waals surface area (Å²) in [5, 5.41) is 1.24. The van der Waals surface area contributed by atoms with Gasteiger partial charge in [0.15, 0.2) is 0 Å². The van der Waals surface area contributed by atoms with Crippen LogP contribution in [0.5, 0.6) is 0 Å². The zero-order chi connectivity index (χ0) is 19.8. The maximum absolute atomic E-state index is 13.0. The van der Waals surface area contributed by atoms with E-state index in [2.05, 4.69) is 57.9 Å². The molecule has 0 radical (unpaired) electrons. The van der Waals surface area contributed by atoms with Crippen molar-refractivity contribution in [2.45, 2.75) is 37.6 Å². The molecule has 1 atom stereocenters. The monoisotopic (exact) mass is 408 g/mol. The number of aromatic nitrogens is 2. The van der Waals surface area contributed by atoms with Gasteiger partial charge in [-0.3, -0.25) is 9.69 Å². The van der Waals surface area contributed by atoms with Crippen LogP contribution in [0.1, 0.15) is 48.3 Å². The van der Waals surface area contributed by atoms with E-state index in [1.54, 1.807) is 0 Å². The normalized spacial score (nSPS) is 21.3. The molecule has 2 saturated heterocycles. The predicted octanol–water partition coefficient (Wildman–Crippen LogP) is 4.18. The fourth-order valence-corrected chi connectivity index (χ4v) is 6.02. The fraction of sp³-hybridized carbons (Fsp3) is 0.478. The molecule has 0 aliphatic carbocycles. The molecule has 6 heteroatoms. The first kappa shape index (κ1) is 18.8. The summed E-state index contributed by atoms with van der Waals surface area (Å²) in [4.78, 5) is 22.3. The van der Waals surface area contributed by atoms with Crippen LogP contribution in [0.4, 0.5) is 0 Å². The number of amides is 1. The van der Waals surface area contributed by atoms with E-state index >= 15 is 0 Å². The van der Waals surface area contributed by atoms with Crippen LogP contribution in [0.3, 0.4) is 0 Å². The molecule has 3 aromatic rings. The highest BCUT2D eigenvalue weighted by atomic mass is 32.1. The number of aryl methyl sites for hydroxylation is 1. The Labute approximate surface area is 175 Å². The summed E-state index contributed by atoms with van der Waals surface area (Å²) in [5.74, 6) is 0.771. The van der Waals surface area contributed by atoms with Gasteiger partial charge in [0.1, 0.15) is 0 Å². The molecule has 0 spiro atoms. The molecule has 1 aromatic carbocycles. The molecular formula is C23H28N4OS. The summed E-state index contributed by atoms with van der Waals surface area (Å²) in [6, 6.07) is 13.0. The third kappa shape index (κ3) is 3.71. The zero-order valence-corrected chi connectivity index (χ0v) is 17.8. The van der Waals surface area contributed by atoms with Crippen LogP contribution in [0, 0.1) is 0 Å². The number of hydrogen-bond acceptors (Lipinski definition) is 4. The maximum Gasteiger partial charge on any atom is 0.236 e. The molecule has 0 N–H and O–H groups in total. The molecule has 2 fully saturated rings. The molecule has 2 aliphatic rings. The average molecular weight is 409 g/mol. The molecule has 0 bridgehead atoms. The van der Waals surface area contributed by atoms with Crippen LogP contribution in [0.15, 0.2) is 42.6 Å². The number of fused-ring (bicyclic) bond motifs is 1. The predicted molar refractivity (Wildman–Crippen MR) is 117 cm³/mol. The summed E-state index contributed by atoms with van der Waals surface area (Å²) in [6.45, 7) is 3.26. The van der Waals surface area contributed by atoms with Gasteiger partial charge >= 0.3 is 0 Å². The van der Waals surface area contributed by atoms with Crippen molar-refractivity contribution in [3.63, 3.8) is 0 Å². The molecule has 2 aliphatic heterocycles. The Morgan fingerprint density at radius 3 is 2.69 bits per heavy atom. The lowest BCUT2D eigenvalue weighted by Gasteiger charge is -2.33. The van der Waals surface area contributed by atoms with Gasteiger partial charge in [0, 0.05) is 37.9 Å². The number of rotatable bonds is 4. The number of piperidine rings is 1. The fourth-order valence-electron chi connectivity index (χ4n) is 4.89. The highest BCUT2D eigenvalue weighted by molar-refractivity contribution is 7.18. The van der Waals surface area contributed by atoms with E-state index in [9.17, 15) is 4.79 Å². The van der Waals surface area contributed by atoms with E-state index in [4.69, 9.17) is 4.98 Å². The molecule has 152 valence electrons. The van der Waals surface area contributed by atoms with Crippen LogP contribution >= 0.6 is 11.3 Å². The molecule has 4 heterocycles. The van der Waals surface area contributed by atoms with Crippen molar-refractivity contribution in [2.24, 2.45) is 7.05 Å². The number of benzene rings is 1. The zero-order valence-electron chi connectivity index (χ0n) is 17.0. The van der Waals surface area contributed by atoms with E-state index in [-0.39, 0.29) is 5.91 Å². The smallest absolute Gasteiger partial charge is 0.236 e. The second-order valence-electron chi connectivity index (χ2n) is 8.35. The molecule has 0 saturated carbocycles. The Kier molecular flexibility index (Phi) is 5.14.